The van der Waals surface area contributed by atoms with Gasteiger partial charge in [0, 0.05) is 24.8 Å². The summed E-state index contributed by atoms with van der Waals surface area (Å²) in [6.07, 6.45) is 0.644. The normalized spacial score (nSPS) is 20.2. The summed E-state index contributed by atoms with van der Waals surface area (Å²) >= 11 is 0. The minimum absolute atomic E-state index is 0.0290. The first kappa shape index (κ1) is 17.7. The molecule has 2 atom stereocenters. The fourth-order valence-corrected chi connectivity index (χ4v) is 4.86. The third-order valence-electron chi connectivity index (χ3n) is 4.60. The number of aromatic nitrogens is 2. The molecule has 1 saturated heterocycles. The van der Waals surface area contributed by atoms with Crippen molar-refractivity contribution in [1.29, 1.82) is 0 Å². The third-order valence-corrected chi connectivity index (χ3v) is 6.35. The van der Waals surface area contributed by atoms with Crippen molar-refractivity contribution in [3.05, 3.63) is 47.7 Å². The summed E-state index contributed by atoms with van der Waals surface area (Å²) in [5.74, 6) is 1.74. The van der Waals surface area contributed by atoms with E-state index < -0.39 is 9.84 Å². The highest BCUT2D eigenvalue weighted by atomic mass is 32.2. The van der Waals surface area contributed by atoms with Gasteiger partial charge in [-0.25, -0.2) is 13.4 Å². The quantitative estimate of drug-likeness (QED) is 0.883. The van der Waals surface area contributed by atoms with Crippen molar-refractivity contribution >= 4 is 21.6 Å². The van der Waals surface area contributed by atoms with E-state index in [0.29, 0.717) is 12.4 Å². The minimum Gasteiger partial charge on any atom is -0.355 e. The molecule has 2 unspecified atom stereocenters. The van der Waals surface area contributed by atoms with Crippen molar-refractivity contribution in [2.75, 3.05) is 28.8 Å². The Morgan fingerprint density at radius 2 is 1.96 bits per heavy atom. The molecule has 2 heterocycles. The van der Waals surface area contributed by atoms with E-state index in [9.17, 15) is 8.42 Å². The molecule has 6 nitrogen and oxygen atoms in total. The van der Waals surface area contributed by atoms with Gasteiger partial charge in [-0.1, -0.05) is 30.3 Å². The third kappa shape index (κ3) is 4.28. The standard InChI is InChI=1S/C18H24N4O2S/c1-13-11-17(22(3)16-9-10-25(23,24)12-16)21-18(19-13)20-14(2)15-7-5-4-6-8-15/h4-8,11,14,16H,9-10,12H2,1-3H3,(H,19,20,21). The summed E-state index contributed by atoms with van der Waals surface area (Å²) in [7, 11) is -1.02. The average Bonchev–Trinajstić information content (AvgIpc) is 2.94. The number of aryl methyl sites for hydroxylation is 1. The summed E-state index contributed by atoms with van der Waals surface area (Å²) in [4.78, 5) is 11.0. The van der Waals surface area contributed by atoms with Gasteiger partial charge in [0.15, 0.2) is 9.84 Å². The van der Waals surface area contributed by atoms with Gasteiger partial charge < -0.3 is 10.2 Å². The molecular formula is C18H24N4O2S. The predicted octanol–water partition coefficient (Wildman–Crippen LogP) is 2.58. The van der Waals surface area contributed by atoms with Crippen LogP contribution in [-0.4, -0.2) is 43.0 Å². The monoisotopic (exact) mass is 360 g/mol. The van der Waals surface area contributed by atoms with Gasteiger partial charge in [-0.2, -0.15) is 4.98 Å². The zero-order chi connectivity index (χ0) is 18.0. The van der Waals surface area contributed by atoms with Crippen LogP contribution in [0.2, 0.25) is 0 Å². The summed E-state index contributed by atoms with van der Waals surface area (Å²) in [5.41, 5.74) is 2.00. The fraction of sp³-hybridized carbons (Fsp3) is 0.444. The Kier molecular flexibility index (Phi) is 4.94. The fourth-order valence-electron chi connectivity index (χ4n) is 3.08. The number of hydrogen-bond acceptors (Lipinski definition) is 6. The maximum atomic E-state index is 11.7. The van der Waals surface area contributed by atoms with Gasteiger partial charge >= 0.3 is 0 Å². The summed E-state index contributed by atoms with van der Waals surface area (Å²) in [6.45, 7) is 3.98. The van der Waals surface area contributed by atoms with E-state index in [2.05, 4.69) is 34.3 Å². The zero-order valence-electron chi connectivity index (χ0n) is 14.8. The molecular weight excluding hydrogens is 336 g/mol. The Morgan fingerprint density at radius 3 is 2.60 bits per heavy atom. The maximum absolute atomic E-state index is 11.7. The lowest BCUT2D eigenvalue weighted by molar-refractivity contribution is 0.600. The first-order valence-corrected chi connectivity index (χ1v) is 10.3. The lowest BCUT2D eigenvalue weighted by atomic mass is 10.1. The van der Waals surface area contributed by atoms with Crippen LogP contribution in [0.3, 0.4) is 0 Å². The number of anilines is 2. The molecule has 0 aliphatic carbocycles. The van der Waals surface area contributed by atoms with Gasteiger partial charge in [0.05, 0.1) is 17.5 Å². The van der Waals surface area contributed by atoms with Gasteiger partial charge in [-0.05, 0) is 25.8 Å². The van der Waals surface area contributed by atoms with Crippen molar-refractivity contribution in [2.45, 2.75) is 32.4 Å². The maximum Gasteiger partial charge on any atom is 0.225 e. The molecule has 3 rings (SSSR count). The highest BCUT2D eigenvalue weighted by Gasteiger charge is 2.31. The second-order valence-corrected chi connectivity index (χ2v) is 8.86. The van der Waals surface area contributed by atoms with E-state index >= 15 is 0 Å². The molecule has 1 aromatic heterocycles. The van der Waals surface area contributed by atoms with Gasteiger partial charge in [-0.3, -0.25) is 0 Å². The average molecular weight is 360 g/mol. The first-order valence-electron chi connectivity index (χ1n) is 8.44. The Hall–Kier alpha value is -2.15. The van der Waals surface area contributed by atoms with Crippen LogP contribution in [0.25, 0.3) is 0 Å². The predicted molar refractivity (Wildman–Crippen MR) is 101 cm³/mol. The first-order chi connectivity index (χ1) is 11.8. The van der Waals surface area contributed by atoms with Crippen LogP contribution in [0.15, 0.2) is 36.4 Å². The Bertz CT molecular complexity index is 839. The molecule has 1 aliphatic heterocycles. The topological polar surface area (TPSA) is 75.2 Å². The van der Waals surface area contributed by atoms with E-state index in [-0.39, 0.29) is 23.6 Å². The van der Waals surface area contributed by atoms with Crippen molar-refractivity contribution in [1.82, 2.24) is 9.97 Å². The summed E-state index contributed by atoms with van der Waals surface area (Å²) < 4.78 is 23.5. The van der Waals surface area contributed by atoms with Crippen LogP contribution in [0.1, 0.15) is 30.6 Å². The van der Waals surface area contributed by atoms with Crippen molar-refractivity contribution < 1.29 is 8.42 Å². The number of nitrogens with one attached hydrogen (secondary N) is 1. The van der Waals surface area contributed by atoms with Crippen LogP contribution in [0, 0.1) is 6.92 Å². The van der Waals surface area contributed by atoms with Crippen LogP contribution >= 0.6 is 0 Å². The highest BCUT2D eigenvalue weighted by Crippen LogP contribution is 2.24. The summed E-state index contributed by atoms with van der Waals surface area (Å²) in [6, 6.07) is 12.1. The molecule has 1 N–H and O–H groups in total. The van der Waals surface area contributed by atoms with Gasteiger partial charge in [0.2, 0.25) is 5.95 Å². The smallest absolute Gasteiger partial charge is 0.225 e. The number of rotatable bonds is 5. The molecule has 1 aliphatic rings. The highest BCUT2D eigenvalue weighted by molar-refractivity contribution is 7.91. The number of hydrogen-bond donors (Lipinski definition) is 1. The molecule has 134 valence electrons. The van der Waals surface area contributed by atoms with Gasteiger partial charge in [0.25, 0.3) is 0 Å². The van der Waals surface area contributed by atoms with Crippen molar-refractivity contribution in [3.8, 4) is 0 Å². The van der Waals surface area contributed by atoms with E-state index in [1.807, 2.05) is 43.1 Å². The molecule has 0 saturated carbocycles. The van der Waals surface area contributed by atoms with Crippen LogP contribution in [0.4, 0.5) is 11.8 Å². The molecule has 7 heteroatoms. The Labute approximate surface area is 149 Å². The molecule has 25 heavy (non-hydrogen) atoms. The minimum atomic E-state index is -2.92. The van der Waals surface area contributed by atoms with Crippen LogP contribution in [-0.2, 0) is 9.84 Å². The van der Waals surface area contributed by atoms with Crippen molar-refractivity contribution in [2.24, 2.45) is 0 Å². The number of sulfone groups is 1. The van der Waals surface area contributed by atoms with E-state index in [1.54, 1.807) is 0 Å². The molecule has 0 spiro atoms. The van der Waals surface area contributed by atoms with Gasteiger partial charge in [0.1, 0.15) is 5.82 Å². The van der Waals surface area contributed by atoms with Crippen molar-refractivity contribution in [3.63, 3.8) is 0 Å². The lowest BCUT2D eigenvalue weighted by Crippen LogP contribution is -2.33. The largest absolute Gasteiger partial charge is 0.355 e. The second kappa shape index (κ2) is 7.00. The summed E-state index contributed by atoms with van der Waals surface area (Å²) in [5, 5.41) is 3.33. The molecule has 0 amide bonds. The molecule has 1 aromatic carbocycles. The molecule has 0 radical (unpaired) electrons. The zero-order valence-corrected chi connectivity index (χ0v) is 15.6. The van der Waals surface area contributed by atoms with E-state index in [0.717, 1.165) is 17.1 Å². The Morgan fingerprint density at radius 1 is 1.24 bits per heavy atom. The lowest BCUT2D eigenvalue weighted by Gasteiger charge is -2.25. The molecule has 2 aromatic rings. The number of benzene rings is 1. The van der Waals surface area contributed by atoms with Crippen LogP contribution in [0.5, 0.6) is 0 Å². The van der Waals surface area contributed by atoms with E-state index in [1.165, 1.54) is 0 Å². The second-order valence-electron chi connectivity index (χ2n) is 6.64. The number of nitrogens with zero attached hydrogens (tertiary/aromatic N) is 3. The Balaban J connectivity index is 1.78. The van der Waals surface area contributed by atoms with Crippen LogP contribution < -0.4 is 10.2 Å². The SMILES string of the molecule is Cc1cc(N(C)C2CCS(=O)(=O)C2)nc(NC(C)c2ccccc2)n1. The molecule has 0 bridgehead atoms. The van der Waals surface area contributed by atoms with Gasteiger partial charge in [-0.15, -0.1) is 0 Å². The molecule has 1 fully saturated rings. The van der Waals surface area contributed by atoms with E-state index in [4.69, 9.17) is 0 Å².